The summed E-state index contributed by atoms with van der Waals surface area (Å²) in [5, 5.41) is 10.9. The fourth-order valence-corrected chi connectivity index (χ4v) is 2.81. The minimum absolute atomic E-state index is 0.147. The molecule has 0 spiro atoms. The van der Waals surface area contributed by atoms with Crippen molar-refractivity contribution < 1.29 is 4.92 Å². The number of benzene rings is 1. The standard InChI is InChI=1S/C16H18N4O2/c1-3-14-9-16(18-11(2)17-14)19-7-6-12-4-5-15(20(21)22)8-13(12)10-19/h4-5,8-9H,3,6-7,10H2,1-2H3. The van der Waals surface area contributed by atoms with E-state index >= 15 is 0 Å². The lowest BCUT2D eigenvalue weighted by Gasteiger charge is -2.30. The number of aromatic nitrogens is 2. The van der Waals surface area contributed by atoms with E-state index in [1.807, 2.05) is 19.1 Å². The number of nitro groups is 1. The van der Waals surface area contributed by atoms with Crippen molar-refractivity contribution in [3.05, 3.63) is 57.0 Å². The molecule has 0 amide bonds. The van der Waals surface area contributed by atoms with E-state index in [0.717, 1.165) is 42.3 Å². The second-order valence-corrected chi connectivity index (χ2v) is 5.50. The maximum absolute atomic E-state index is 10.9. The molecule has 3 rings (SSSR count). The molecule has 6 nitrogen and oxygen atoms in total. The third kappa shape index (κ3) is 2.77. The highest BCUT2D eigenvalue weighted by Crippen LogP contribution is 2.26. The van der Waals surface area contributed by atoms with E-state index in [0.29, 0.717) is 6.54 Å². The summed E-state index contributed by atoms with van der Waals surface area (Å²) in [5.74, 6) is 1.67. The average molecular weight is 298 g/mol. The van der Waals surface area contributed by atoms with Gasteiger partial charge in [-0.15, -0.1) is 0 Å². The van der Waals surface area contributed by atoms with Crippen LogP contribution in [0.3, 0.4) is 0 Å². The van der Waals surface area contributed by atoms with Crippen LogP contribution in [0.4, 0.5) is 11.5 Å². The Morgan fingerprint density at radius 2 is 2.09 bits per heavy atom. The maximum Gasteiger partial charge on any atom is 0.269 e. The van der Waals surface area contributed by atoms with Crippen LogP contribution >= 0.6 is 0 Å². The van der Waals surface area contributed by atoms with Gasteiger partial charge in [0, 0.05) is 37.0 Å². The summed E-state index contributed by atoms with van der Waals surface area (Å²) in [4.78, 5) is 21.7. The van der Waals surface area contributed by atoms with E-state index in [1.165, 1.54) is 5.56 Å². The molecule has 0 atom stereocenters. The van der Waals surface area contributed by atoms with Crippen LogP contribution in [0, 0.1) is 17.0 Å². The van der Waals surface area contributed by atoms with Gasteiger partial charge in [0.25, 0.3) is 5.69 Å². The van der Waals surface area contributed by atoms with Crippen LogP contribution in [-0.4, -0.2) is 21.4 Å². The van der Waals surface area contributed by atoms with Gasteiger partial charge in [-0.1, -0.05) is 13.0 Å². The first-order valence-corrected chi connectivity index (χ1v) is 7.42. The Bertz CT molecular complexity index is 730. The van der Waals surface area contributed by atoms with Gasteiger partial charge in [0.05, 0.1) is 4.92 Å². The minimum Gasteiger partial charge on any atom is -0.352 e. The Kier molecular flexibility index (Phi) is 3.75. The molecular weight excluding hydrogens is 280 g/mol. The summed E-state index contributed by atoms with van der Waals surface area (Å²) in [6.45, 7) is 5.48. The molecule has 0 unspecified atom stereocenters. The fourth-order valence-electron chi connectivity index (χ4n) is 2.81. The van der Waals surface area contributed by atoms with Crippen molar-refractivity contribution in [1.29, 1.82) is 0 Å². The number of hydrogen-bond donors (Lipinski definition) is 0. The van der Waals surface area contributed by atoms with Crippen LogP contribution in [-0.2, 0) is 19.4 Å². The van der Waals surface area contributed by atoms with Crippen molar-refractivity contribution in [2.75, 3.05) is 11.4 Å². The second-order valence-electron chi connectivity index (χ2n) is 5.50. The number of non-ortho nitro benzene ring substituents is 1. The van der Waals surface area contributed by atoms with Crippen LogP contribution in [0.25, 0.3) is 0 Å². The number of anilines is 1. The van der Waals surface area contributed by atoms with E-state index < -0.39 is 0 Å². The number of hydrogen-bond acceptors (Lipinski definition) is 5. The molecule has 1 aromatic heterocycles. The minimum atomic E-state index is -0.344. The number of nitro benzene ring substituents is 1. The molecule has 0 radical (unpaired) electrons. The molecule has 22 heavy (non-hydrogen) atoms. The Balaban J connectivity index is 1.91. The predicted molar refractivity (Wildman–Crippen MR) is 84.0 cm³/mol. The SMILES string of the molecule is CCc1cc(N2CCc3ccc([N+](=O)[O-])cc3C2)nc(C)n1. The van der Waals surface area contributed by atoms with Gasteiger partial charge in [0.2, 0.25) is 0 Å². The zero-order valence-corrected chi connectivity index (χ0v) is 12.7. The van der Waals surface area contributed by atoms with Crippen molar-refractivity contribution in [3.63, 3.8) is 0 Å². The lowest BCUT2D eigenvalue weighted by molar-refractivity contribution is -0.384. The van der Waals surface area contributed by atoms with Gasteiger partial charge >= 0.3 is 0 Å². The van der Waals surface area contributed by atoms with E-state index in [2.05, 4.69) is 21.8 Å². The first-order chi connectivity index (χ1) is 10.6. The van der Waals surface area contributed by atoms with Crippen molar-refractivity contribution in [3.8, 4) is 0 Å². The van der Waals surface area contributed by atoms with E-state index in [1.54, 1.807) is 12.1 Å². The van der Waals surface area contributed by atoms with Crippen molar-refractivity contribution >= 4 is 11.5 Å². The van der Waals surface area contributed by atoms with Crippen molar-refractivity contribution in [2.24, 2.45) is 0 Å². The van der Waals surface area contributed by atoms with Crippen LogP contribution in [0.2, 0.25) is 0 Å². The molecule has 6 heteroatoms. The largest absolute Gasteiger partial charge is 0.352 e. The molecule has 0 fully saturated rings. The van der Waals surface area contributed by atoms with Gasteiger partial charge in [-0.25, -0.2) is 9.97 Å². The van der Waals surface area contributed by atoms with Gasteiger partial charge in [0.15, 0.2) is 0 Å². The first kappa shape index (κ1) is 14.4. The summed E-state index contributed by atoms with van der Waals surface area (Å²) in [6.07, 6.45) is 1.74. The summed E-state index contributed by atoms with van der Waals surface area (Å²) in [7, 11) is 0. The van der Waals surface area contributed by atoms with Gasteiger partial charge in [-0.3, -0.25) is 10.1 Å². The number of nitrogens with zero attached hydrogens (tertiary/aromatic N) is 4. The van der Waals surface area contributed by atoms with E-state index in [9.17, 15) is 10.1 Å². The van der Waals surface area contributed by atoms with Crippen molar-refractivity contribution in [2.45, 2.75) is 33.2 Å². The molecule has 114 valence electrons. The average Bonchev–Trinajstić information content (AvgIpc) is 2.53. The van der Waals surface area contributed by atoms with Crippen molar-refractivity contribution in [1.82, 2.24) is 9.97 Å². The summed E-state index contributed by atoms with van der Waals surface area (Å²) < 4.78 is 0. The Labute approximate surface area is 129 Å². The van der Waals surface area contributed by atoms with Gasteiger partial charge in [0.1, 0.15) is 11.6 Å². The quantitative estimate of drug-likeness (QED) is 0.643. The zero-order chi connectivity index (χ0) is 15.7. The molecule has 1 aliphatic heterocycles. The monoisotopic (exact) mass is 298 g/mol. The topological polar surface area (TPSA) is 72.2 Å². The van der Waals surface area contributed by atoms with Crippen LogP contribution in [0.15, 0.2) is 24.3 Å². The zero-order valence-electron chi connectivity index (χ0n) is 12.7. The van der Waals surface area contributed by atoms with Crippen LogP contribution < -0.4 is 4.90 Å². The Morgan fingerprint density at radius 1 is 1.27 bits per heavy atom. The molecule has 0 aliphatic carbocycles. The number of aryl methyl sites for hydroxylation is 2. The highest BCUT2D eigenvalue weighted by atomic mass is 16.6. The maximum atomic E-state index is 10.9. The fraction of sp³-hybridized carbons (Fsp3) is 0.375. The van der Waals surface area contributed by atoms with E-state index in [-0.39, 0.29) is 10.6 Å². The molecule has 0 N–H and O–H groups in total. The third-order valence-electron chi connectivity index (χ3n) is 3.98. The molecule has 2 heterocycles. The normalized spacial score (nSPS) is 13.8. The van der Waals surface area contributed by atoms with Crippen LogP contribution in [0.5, 0.6) is 0 Å². The second kappa shape index (κ2) is 5.71. The summed E-state index contributed by atoms with van der Waals surface area (Å²) >= 11 is 0. The Hall–Kier alpha value is -2.50. The van der Waals surface area contributed by atoms with Gasteiger partial charge in [-0.05, 0) is 30.9 Å². The molecule has 1 aromatic carbocycles. The highest BCUT2D eigenvalue weighted by Gasteiger charge is 2.20. The lowest BCUT2D eigenvalue weighted by atomic mass is 9.99. The van der Waals surface area contributed by atoms with Crippen LogP contribution in [0.1, 0.15) is 29.6 Å². The highest BCUT2D eigenvalue weighted by molar-refractivity contribution is 5.48. The molecular formula is C16H18N4O2. The molecule has 2 aromatic rings. The Morgan fingerprint density at radius 3 is 2.82 bits per heavy atom. The molecule has 0 saturated heterocycles. The number of fused-ring (bicyclic) bond motifs is 1. The smallest absolute Gasteiger partial charge is 0.269 e. The predicted octanol–water partition coefficient (Wildman–Crippen LogP) is 2.82. The first-order valence-electron chi connectivity index (χ1n) is 7.42. The van der Waals surface area contributed by atoms with E-state index in [4.69, 9.17) is 0 Å². The lowest BCUT2D eigenvalue weighted by Crippen LogP contribution is -2.31. The summed E-state index contributed by atoms with van der Waals surface area (Å²) in [6, 6.07) is 7.14. The number of rotatable bonds is 3. The molecule has 0 saturated carbocycles. The third-order valence-corrected chi connectivity index (χ3v) is 3.98. The summed E-state index contributed by atoms with van der Waals surface area (Å²) in [5.41, 5.74) is 3.36. The molecule has 1 aliphatic rings. The molecule has 0 bridgehead atoms. The van der Waals surface area contributed by atoms with Gasteiger partial charge in [-0.2, -0.15) is 0 Å². The van der Waals surface area contributed by atoms with Gasteiger partial charge < -0.3 is 4.90 Å².